The van der Waals surface area contributed by atoms with Crippen molar-refractivity contribution in [3.05, 3.63) is 60.4 Å². The van der Waals surface area contributed by atoms with Gasteiger partial charge < -0.3 is 14.8 Å². The van der Waals surface area contributed by atoms with E-state index in [1.54, 1.807) is 36.7 Å². The molecular formula is C23H17F3N4O3. The number of aromatic amines is 1. The first-order valence-corrected chi connectivity index (χ1v) is 10.2. The maximum atomic E-state index is 12.9. The SMILES string of the molecule is O=C(O)[C@H]1C[C@@H](Oc2ccc(-c3ccc(-c4nc5cc(C(F)(F)F)ccc5[nH]4)cn3)cn2)C1. The summed E-state index contributed by atoms with van der Waals surface area (Å²) in [5.41, 5.74) is 2.02. The standard InChI is InChI=1S/C23H17F3N4O3/c24-23(25,26)15-3-5-18-19(9-15)30-21(29-18)13-1-4-17(27-11-13)12-2-6-20(28-10-12)33-16-7-14(8-16)22(31)32/h1-6,9-11,14,16H,7-8H2,(H,29,30)(H,31,32)/t14-,16+. The molecule has 5 rings (SSSR count). The predicted molar refractivity (Wildman–Crippen MR) is 112 cm³/mol. The zero-order valence-electron chi connectivity index (χ0n) is 17.0. The fourth-order valence-electron chi connectivity index (χ4n) is 3.66. The molecular weight excluding hydrogens is 437 g/mol. The summed E-state index contributed by atoms with van der Waals surface area (Å²) in [6, 6.07) is 10.4. The Morgan fingerprint density at radius 1 is 1.03 bits per heavy atom. The van der Waals surface area contributed by atoms with Crippen LogP contribution >= 0.6 is 0 Å². The fourth-order valence-corrected chi connectivity index (χ4v) is 3.66. The summed E-state index contributed by atoms with van der Waals surface area (Å²) in [7, 11) is 0. The second-order valence-electron chi connectivity index (χ2n) is 7.88. The van der Waals surface area contributed by atoms with Gasteiger partial charge in [-0.25, -0.2) is 9.97 Å². The van der Waals surface area contributed by atoms with Crippen molar-refractivity contribution in [3.63, 3.8) is 0 Å². The van der Waals surface area contributed by atoms with Crippen LogP contribution in [-0.2, 0) is 11.0 Å². The Morgan fingerprint density at radius 2 is 1.79 bits per heavy atom. The number of hydrogen-bond acceptors (Lipinski definition) is 5. The predicted octanol–water partition coefficient (Wildman–Crippen LogP) is 4.95. The molecule has 1 saturated carbocycles. The highest BCUT2D eigenvalue weighted by Crippen LogP contribution is 2.33. The Kier molecular flexibility index (Phi) is 4.99. The van der Waals surface area contributed by atoms with Gasteiger partial charge in [-0.15, -0.1) is 0 Å². The number of nitrogens with zero attached hydrogens (tertiary/aromatic N) is 3. The zero-order chi connectivity index (χ0) is 23.2. The Balaban J connectivity index is 1.29. The Bertz CT molecular complexity index is 1310. The van der Waals surface area contributed by atoms with Crippen LogP contribution in [0.2, 0.25) is 0 Å². The summed E-state index contributed by atoms with van der Waals surface area (Å²) in [6.07, 6.45) is -0.419. The average molecular weight is 454 g/mol. The van der Waals surface area contributed by atoms with Gasteiger partial charge in [-0.1, -0.05) is 0 Å². The maximum Gasteiger partial charge on any atom is 0.416 e. The van der Waals surface area contributed by atoms with Gasteiger partial charge in [0.1, 0.15) is 11.9 Å². The molecule has 0 atom stereocenters. The van der Waals surface area contributed by atoms with Crippen molar-refractivity contribution in [1.29, 1.82) is 0 Å². The van der Waals surface area contributed by atoms with E-state index >= 15 is 0 Å². The summed E-state index contributed by atoms with van der Waals surface area (Å²) in [4.78, 5) is 26.8. The van der Waals surface area contributed by atoms with E-state index < -0.39 is 17.7 Å². The molecule has 10 heteroatoms. The molecule has 4 aromatic rings. The molecule has 0 unspecified atom stereocenters. The number of hydrogen-bond donors (Lipinski definition) is 2. The molecule has 2 N–H and O–H groups in total. The van der Waals surface area contributed by atoms with Gasteiger partial charge >= 0.3 is 12.1 Å². The van der Waals surface area contributed by atoms with Crippen molar-refractivity contribution < 1.29 is 27.8 Å². The molecule has 0 spiro atoms. The molecule has 1 aliphatic carbocycles. The van der Waals surface area contributed by atoms with Crippen LogP contribution in [0.5, 0.6) is 5.88 Å². The molecule has 0 amide bonds. The number of carbonyl (C=O) groups is 1. The van der Waals surface area contributed by atoms with Gasteiger partial charge in [-0.2, -0.15) is 13.2 Å². The monoisotopic (exact) mass is 454 g/mol. The number of H-pyrrole nitrogens is 1. The van der Waals surface area contributed by atoms with Crippen LogP contribution in [0.15, 0.2) is 54.9 Å². The summed E-state index contributed by atoms with van der Waals surface area (Å²) in [6.45, 7) is 0. The number of pyridine rings is 2. The molecule has 7 nitrogen and oxygen atoms in total. The van der Waals surface area contributed by atoms with Crippen molar-refractivity contribution in [2.24, 2.45) is 5.92 Å². The van der Waals surface area contributed by atoms with Gasteiger partial charge in [-0.3, -0.25) is 9.78 Å². The lowest BCUT2D eigenvalue weighted by Crippen LogP contribution is -2.38. The maximum absolute atomic E-state index is 12.9. The Morgan fingerprint density at radius 3 is 2.42 bits per heavy atom. The topological polar surface area (TPSA) is 101 Å². The summed E-state index contributed by atoms with van der Waals surface area (Å²) >= 11 is 0. The van der Waals surface area contributed by atoms with E-state index in [-0.39, 0.29) is 17.5 Å². The van der Waals surface area contributed by atoms with Gasteiger partial charge in [-0.05, 0) is 49.2 Å². The van der Waals surface area contributed by atoms with Crippen LogP contribution < -0.4 is 4.74 Å². The van der Waals surface area contributed by atoms with Crippen LogP contribution in [-0.4, -0.2) is 37.1 Å². The molecule has 1 aromatic carbocycles. The molecule has 0 saturated heterocycles. The molecule has 3 heterocycles. The van der Waals surface area contributed by atoms with Crippen LogP contribution in [0.3, 0.4) is 0 Å². The van der Waals surface area contributed by atoms with Gasteiger partial charge in [0.2, 0.25) is 5.88 Å². The molecule has 168 valence electrons. The van der Waals surface area contributed by atoms with Gasteiger partial charge in [0, 0.05) is 29.6 Å². The normalized spacial score (nSPS) is 18.2. The lowest BCUT2D eigenvalue weighted by molar-refractivity contribution is -0.148. The van der Waals surface area contributed by atoms with Gasteiger partial charge in [0.05, 0.1) is 28.2 Å². The number of aliphatic carboxylic acids is 1. The molecule has 0 radical (unpaired) electrons. The molecule has 3 aromatic heterocycles. The highest BCUT2D eigenvalue weighted by Gasteiger charge is 2.36. The first-order valence-electron chi connectivity index (χ1n) is 10.2. The van der Waals surface area contributed by atoms with Gasteiger partial charge in [0.25, 0.3) is 0 Å². The minimum Gasteiger partial charge on any atom is -0.481 e. The second kappa shape index (κ2) is 7.88. The minimum absolute atomic E-state index is 0.141. The average Bonchev–Trinajstić information content (AvgIpc) is 3.19. The van der Waals surface area contributed by atoms with E-state index in [2.05, 4.69) is 19.9 Å². The second-order valence-corrected chi connectivity index (χ2v) is 7.88. The lowest BCUT2D eigenvalue weighted by atomic mass is 9.82. The molecule has 0 bridgehead atoms. The summed E-state index contributed by atoms with van der Waals surface area (Å²) < 4.78 is 44.4. The minimum atomic E-state index is -4.43. The quantitative estimate of drug-likeness (QED) is 0.443. The van der Waals surface area contributed by atoms with E-state index in [1.807, 2.05) is 0 Å². The largest absolute Gasteiger partial charge is 0.481 e. The highest BCUT2D eigenvalue weighted by molar-refractivity contribution is 5.80. The zero-order valence-corrected chi connectivity index (χ0v) is 17.0. The van der Waals surface area contributed by atoms with E-state index in [4.69, 9.17) is 9.84 Å². The Hall–Kier alpha value is -3.95. The summed E-state index contributed by atoms with van der Waals surface area (Å²) in [5, 5.41) is 8.92. The van der Waals surface area contributed by atoms with Crippen molar-refractivity contribution in [3.8, 4) is 28.5 Å². The third-order valence-electron chi connectivity index (χ3n) is 5.61. The number of halogens is 3. The number of imidazole rings is 1. The third kappa shape index (κ3) is 4.23. The number of ether oxygens (including phenoxy) is 1. The number of fused-ring (bicyclic) bond motifs is 1. The number of rotatable bonds is 5. The van der Waals surface area contributed by atoms with Crippen molar-refractivity contribution in [2.75, 3.05) is 0 Å². The summed E-state index contributed by atoms with van der Waals surface area (Å²) in [5.74, 6) is -0.313. The van der Waals surface area contributed by atoms with E-state index in [0.717, 1.165) is 17.7 Å². The number of alkyl halides is 3. The lowest BCUT2D eigenvalue weighted by Gasteiger charge is -2.31. The molecule has 33 heavy (non-hydrogen) atoms. The first kappa shape index (κ1) is 20.9. The number of nitrogens with one attached hydrogen (secondary N) is 1. The van der Waals surface area contributed by atoms with Crippen molar-refractivity contribution >= 4 is 17.0 Å². The highest BCUT2D eigenvalue weighted by atomic mass is 19.4. The van der Waals surface area contributed by atoms with E-state index in [0.29, 0.717) is 41.3 Å². The number of carboxylic acids is 1. The third-order valence-corrected chi connectivity index (χ3v) is 5.61. The number of carboxylic acid groups (broad SMARTS) is 1. The van der Waals surface area contributed by atoms with Crippen LogP contribution in [0, 0.1) is 5.92 Å². The smallest absolute Gasteiger partial charge is 0.416 e. The van der Waals surface area contributed by atoms with Crippen LogP contribution in [0.1, 0.15) is 18.4 Å². The van der Waals surface area contributed by atoms with Crippen LogP contribution in [0.25, 0.3) is 33.7 Å². The van der Waals surface area contributed by atoms with E-state index in [9.17, 15) is 18.0 Å². The van der Waals surface area contributed by atoms with Crippen molar-refractivity contribution in [2.45, 2.75) is 25.1 Å². The van der Waals surface area contributed by atoms with Crippen LogP contribution in [0.4, 0.5) is 13.2 Å². The fraction of sp³-hybridized carbons (Fsp3) is 0.217. The number of aromatic nitrogens is 4. The number of benzene rings is 1. The van der Waals surface area contributed by atoms with Gasteiger partial charge in [0.15, 0.2) is 0 Å². The van der Waals surface area contributed by atoms with E-state index in [1.165, 1.54) is 6.07 Å². The molecule has 0 aliphatic heterocycles. The molecule has 1 aliphatic rings. The Labute approximate surface area is 185 Å². The van der Waals surface area contributed by atoms with Crippen molar-refractivity contribution in [1.82, 2.24) is 19.9 Å². The first-order chi connectivity index (χ1) is 15.8. The molecule has 1 fully saturated rings.